The summed E-state index contributed by atoms with van der Waals surface area (Å²) in [5.41, 5.74) is 3.17. The molecule has 0 aromatic carbocycles. The van der Waals surface area contributed by atoms with E-state index in [4.69, 9.17) is 0 Å². The fourth-order valence-electron chi connectivity index (χ4n) is 2.04. The van der Waals surface area contributed by atoms with Crippen LogP contribution in [-0.4, -0.2) is 0 Å². The quantitative estimate of drug-likeness (QED) is 0.522. The van der Waals surface area contributed by atoms with Gasteiger partial charge in [-0.25, -0.2) is 0 Å². The SMILES string of the molecule is CC.CC1CCC2=C(C=CCC=C2)C1. The van der Waals surface area contributed by atoms with Crippen LogP contribution in [0.5, 0.6) is 0 Å². The Morgan fingerprint density at radius 1 is 1.07 bits per heavy atom. The van der Waals surface area contributed by atoms with Crippen LogP contribution in [0, 0.1) is 5.92 Å². The summed E-state index contributed by atoms with van der Waals surface area (Å²) in [6.45, 7) is 6.35. The van der Waals surface area contributed by atoms with Crippen LogP contribution in [0.4, 0.5) is 0 Å². The van der Waals surface area contributed by atoms with Gasteiger partial charge in [0, 0.05) is 0 Å². The van der Waals surface area contributed by atoms with Gasteiger partial charge in [0.05, 0.1) is 0 Å². The lowest BCUT2D eigenvalue weighted by Crippen LogP contribution is -2.04. The predicted octanol–water partition coefficient (Wildman–Crippen LogP) is 4.65. The van der Waals surface area contributed by atoms with Crippen molar-refractivity contribution in [2.75, 3.05) is 0 Å². The fourth-order valence-corrected chi connectivity index (χ4v) is 2.04. The van der Waals surface area contributed by atoms with Crippen molar-refractivity contribution in [3.05, 3.63) is 35.5 Å². The summed E-state index contributed by atoms with van der Waals surface area (Å²) in [4.78, 5) is 0. The molecule has 0 fully saturated rings. The lowest BCUT2D eigenvalue weighted by atomic mass is 9.85. The molecule has 2 aliphatic carbocycles. The Balaban J connectivity index is 0.000000461. The van der Waals surface area contributed by atoms with Crippen molar-refractivity contribution in [2.24, 2.45) is 5.92 Å². The zero-order chi connectivity index (χ0) is 10.4. The van der Waals surface area contributed by atoms with E-state index in [9.17, 15) is 0 Å². The van der Waals surface area contributed by atoms with Crippen molar-refractivity contribution < 1.29 is 0 Å². The zero-order valence-electron chi connectivity index (χ0n) is 9.72. The molecule has 0 heterocycles. The Labute approximate surface area is 88.4 Å². The molecule has 0 aromatic rings. The van der Waals surface area contributed by atoms with Crippen molar-refractivity contribution in [1.82, 2.24) is 0 Å². The lowest BCUT2D eigenvalue weighted by molar-refractivity contribution is 0.507. The van der Waals surface area contributed by atoms with E-state index in [0.717, 1.165) is 12.3 Å². The Kier molecular flexibility index (Phi) is 4.72. The molecular formula is C14H22. The number of hydrogen-bond acceptors (Lipinski definition) is 0. The second-order valence-corrected chi connectivity index (χ2v) is 3.94. The van der Waals surface area contributed by atoms with Crippen molar-refractivity contribution in [3.8, 4) is 0 Å². The molecule has 14 heavy (non-hydrogen) atoms. The van der Waals surface area contributed by atoms with E-state index in [1.165, 1.54) is 19.3 Å². The Morgan fingerprint density at radius 3 is 2.43 bits per heavy atom. The maximum atomic E-state index is 2.35. The highest BCUT2D eigenvalue weighted by molar-refractivity contribution is 5.37. The average Bonchev–Trinajstić information content (AvgIpc) is 2.45. The molecule has 0 bridgehead atoms. The molecule has 0 N–H and O–H groups in total. The highest BCUT2D eigenvalue weighted by Crippen LogP contribution is 2.31. The molecular weight excluding hydrogens is 168 g/mol. The Morgan fingerprint density at radius 2 is 1.71 bits per heavy atom. The van der Waals surface area contributed by atoms with Gasteiger partial charge < -0.3 is 0 Å². The topological polar surface area (TPSA) is 0 Å². The van der Waals surface area contributed by atoms with Gasteiger partial charge in [-0.05, 0) is 42.7 Å². The summed E-state index contributed by atoms with van der Waals surface area (Å²) >= 11 is 0. The molecule has 0 spiro atoms. The van der Waals surface area contributed by atoms with Crippen molar-refractivity contribution >= 4 is 0 Å². The van der Waals surface area contributed by atoms with Crippen LogP contribution < -0.4 is 0 Å². The van der Waals surface area contributed by atoms with Gasteiger partial charge in [0.25, 0.3) is 0 Å². The van der Waals surface area contributed by atoms with Gasteiger partial charge in [-0.2, -0.15) is 0 Å². The third-order valence-electron chi connectivity index (χ3n) is 2.80. The molecule has 0 heteroatoms. The zero-order valence-corrected chi connectivity index (χ0v) is 9.72. The molecule has 0 amide bonds. The summed E-state index contributed by atoms with van der Waals surface area (Å²) in [6, 6.07) is 0. The largest absolute Gasteiger partial charge is 0.0805 e. The molecule has 2 aliphatic rings. The molecule has 0 saturated heterocycles. The molecule has 0 aromatic heterocycles. The predicted molar refractivity (Wildman–Crippen MR) is 64.3 cm³/mol. The van der Waals surface area contributed by atoms with Gasteiger partial charge in [0.15, 0.2) is 0 Å². The maximum absolute atomic E-state index is 2.35. The van der Waals surface area contributed by atoms with E-state index >= 15 is 0 Å². The third kappa shape index (κ3) is 2.87. The summed E-state index contributed by atoms with van der Waals surface area (Å²) in [5.74, 6) is 0.889. The van der Waals surface area contributed by atoms with E-state index in [2.05, 4.69) is 31.2 Å². The standard InChI is InChI=1S/C12H16.C2H6/c1-10-7-8-11-5-3-2-4-6-12(11)9-10;1-2/h3-6,10H,2,7-9H2,1H3;1-2H3. The van der Waals surface area contributed by atoms with E-state index < -0.39 is 0 Å². The lowest BCUT2D eigenvalue weighted by Gasteiger charge is -2.20. The molecule has 1 atom stereocenters. The molecule has 2 rings (SSSR count). The van der Waals surface area contributed by atoms with Crippen LogP contribution >= 0.6 is 0 Å². The summed E-state index contributed by atoms with van der Waals surface area (Å²) < 4.78 is 0. The second kappa shape index (κ2) is 5.85. The van der Waals surface area contributed by atoms with Gasteiger partial charge >= 0.3 is 0 Å². The van der Waals surface area contributed by atoms with E-state index in [0.29, 0.717) is 0 Å². The highest BCUT2D eigenvalue weighted by atomic mass is 14.2. The average molecular weight is 190 g/mol. The summed E-state index contributed by atoms with van der Waals surface area (Å²) in [6.07, 6.45) is 14.3. The van der Waals surface area contributed by atoms with E-state index in [-0.39, 0.29) is 0 Å². The smallest absolute Gasteiger partial charge is 0.0163 e. The molecule has 0 aliphatic heterocycles. The minimum atomic E-state index is 0.889. The fraction of sp³-hybridized carbons (Fsp3) is 0.571. The van der Waals surface area contributed by atoms with Crippen molar-refractivity contribution in [2.45, 2.75) is 46.5 Å². The summed E-state index contributed by atoms with van der Waals surface area (Å²) in [7, 11) is 0. The molecule has 1 unspecified atom stereocenters. The number of allylic oxidation sites excluding steroid dienone is 6. The first kappa shape index (κ1) is 11.3. The van der Waals surface area contributed by atoms with Gasteiger partial charge in [-0.15, -0.1) is 0 Å². The van der Waals surface area contributed by atoms with Crippen LogP contribution in [0.1, 0.15) is 46.5 Å². The van der Waals surface area contributed by atoms with Gasteiger partial charge in [-0.3, -0.25) is 0 Å². The van der Waals surface area contributed by atoms with E-state index in [1.807, 2.05) is 13.8 Å². The highest BCUT2D eigenvalue weighted by Gasteiger charge is 2.14. The second-order valence-electron chi connectivity index (χ2n) is 3.94. The number of rotatable bonds is 0. The van der Waals surface area contributed by atoms with Crippen LogP contribution in [-0.2, 0) is 0 Å². The van der Waals surface area contributed by atoms with Crippen LogP contribution in [0.25, 0.3) is 0 Å². The van der Waals surface area contributed by atoms with Gasteiger partial charge in [0.1, 0.15) is 0 Å². The minimum absolute atomic E-state index is 0.889. The first-order valence-corrected chi connectivity index (χ1v) is 5.91. The van der Waals surface area contributed by atoms with Gasteiger partial charge in [-0.1, -0.05) is 45.1 Å². The van der Waals surface area contributed by atoms with Crippen molar-refractivity contribution in [3.63, 3.8) is 0 Å². The van der Waals surface area contributed by atoms with Crippen LogP contribution in [0.3, 0.4) is 0 Å². The van der Waals surface area contributed by atoms with Crippen molar-refractivity contribution in [1.29, 1.82) is 0 Å². The minimum Gasteiger partial charge on any atom is -0.0805 e. The maximum Gasteiger partial charge on any atom is -0.0163 e. The summed E-state index contributed by atoms with van der Waals surface area (Å²) in [5, 5.41) is 0. The Hall–Kier alpha value is -0.780. The molecule has 0 radical (unpaired) electrons. The normalized spacial score (nSPS) is 24.9. The molecule has 0 nitrogen and oxygen atoms in total. The first-order chi connectivity index (χ1) is 6.86. The first-order valence-electron chi connectivity index (χ1n) is 5.91. The van der Waals surface area contributed by atoms with Crippen LogP contribution in [0.2, 0.25) is 0 Å². The molecule has 78 valence electrons. The number of hydrogen-bond donors (Lipinski definition) is 0. The third-order valence-corrected chi connectivity index (χ3v) is 2.80. The molecule has 0 saturated carbocycles. The van der Waals surface area contributed by atoms with E-state index in [1.54, 1.807) is 11.1 Å². The van der Waals surface area contributed by atoms with Crippen LogP contribution in [0.15, 0.2) is 35.5 Å². The van der Waals surface area contributed by atoms with Gasteiger partial charge in [0.2, 0.25) is 0 Å². The Bertz CT molecular complexity index is 253. The monoisotopic (exact) mass is 190 g/mol.